The van der Waals surface area contributed by atoms with Gasteiger partial charge in [-0.3, -0.25) is 0 Å². The van der Waals surface area contributed by atoms with E-state index in [4.69, 9.17) is 0 Å². The highest BCUT2D eigenvalue weighted by molar-refractivity contribution is 7.95. The molecule has 0 saturated carbocycles. The number of hydrogen-bond donors (Lipinski definition) is 0. The Kier molecular flexibility index (Phi) is 5.59. The molecule has 1 aromatic rings. The van der Waals surface area contributed by atoms with Crippen LogP contribution in [0.25, 0.3) is 0 Å². The monoisotopic (exact) mass is 314 g/mol. The van der Waals surface area contributed by atoms with Crippen LogP contribution in [0.4, 0.5) is 0 Å². The molecular weight excluding hydrogens is 292 g/mol. The SMILES string of the molecule is C=C=C(C)CCC/C(=C1/C=CCC1)S(=O)(=O)c1ccccc1. The highest BCUT2D eigenvalue weighted by atomic mass is 32.2. The molecule has 22 heavy (non-hydrogen) atoms. The van der Waals surface area contributed by atoms with Crippen molar-refractivity contribution in [1.82, 2.24) is 0 Å². The molecule has 3 heteroatoms. The van der Waals surface area contributed by atoms with E-state index in [2.05, 4.69) is 12.3 Å². The molecule has 0 aromatic heterocycles. The zero-order valence-electron chi connectivity index (χ0n) is 13.0. The van der Waals surface area contributed by atoms with Gasteiger partial charge >= 0.3 is 0 Å². The van der Waals surface area contributed by atoms with Crippen LogP contribution in [0.3, 0.4) is 0 Å². The Morgan fingerprint density at radius 2 is 1.95 bits per heavy atom. The van der Waals surface area contributed by atoms with E-state index in [1.54, 1.807) is 24.3 Å². The first-order valence-corrected chi connectivity index (χ1v) is 9.08. The minimum Gasteiger partial charge on any atom is -0.219 e. The molecule has 1 aliphatic rings. The lowest BCUT2D eigenvalue weighted by atomic mass is 10.1. The normalized spacial score (nSPS) is 16.4. The van der Waals surface area contributed by atoms with Crippen molar-refractivity contribution in [3.63, 3.8) is 0 Å². The summed E-state index contributed by atoms with van der Waals surface area (Å²) < 4.78 is 25.9. The fraction of sp³-hybridized carbons (Fsp3) is 0.316. The van der Waals surface area contributed by atoms with Crippen molar-refractivity contribution in [3.8, 4) is 0 Å². The lowest BCUT2D eigenvalue weighted by molar-refractivity contribution is 0.598. The second kappa shape index (κ2) is 7.44. The highest BCUT2D eigenvalue weighted by Gasteiger charge is 2.23. The third kappa shape index (κ3) is 3.88. The van der Waals surface area contributed by atoms with E-state index in [0.717, 1.165) is 36.8 Å². The van der Waals surface area contributed by atoms with Crippen LogP contribution in [-0.4, -0.2) is 8.42 Å². The van der Waals surface area contributed by atoms with E-state index in [1.165, 1.54) is 0 Å². The molecule has 0 radical (unpaired) electrons. The van der Waals surface area contributed by atoms with Gasteiger partial charge in [-0.1, -0.05) is 36.9 Å². The Morgan fingerprint density at radius 3 is 2.55 bits per heavy atom. The summed E-state index contributed by atoms with van der Waals surface area (Å²) in [5, 5.41) is 0. The molecule has 0 atom stereocenters. The average molecular weight is 314 g/mol. The van der Waals surface area contributed by atoms with Crippen LogP contribution in [0.2, 0.25) is 0 Å². The second-order valence-corrected chi connectivity index (χ2v) is 7.49. The number of hydrogen-bond acceptors (Lipinski definition) is 2. The zero-order chi connectivity index (χ0) is 16.0. The van der Waals surface area contributed by atoms with Gasteiger partial charge in [0.05, 0.1) is 9.80 Å². The summed E-state index contributed by atoms with van der Waals surface area (Å²) in [5.74, 6) is 0. The third-order valence-corrected chi connectivity index (χ3v) is 5.90. The molecule has 0 bridgehead atoms. The average Bonchev–Trinajstić information content (AvgIpc) is 3.05. The van der Waals surface area contributed by atoms with Gasteiger partial charge in [-0.05, 0) is 62.3 Å². The Bertz CT molecular complexity index is 731. The maximum Gasteiger partial charge on any atom is 0.203 e. The zero-order valence-corrected chi connectivity index (χ0v) is 13.8. The van der Waals surface area contributed by atoms with Crippen LogP contribution in [-0.2, 0) is 9.84 Å². The van der Waals surface area contributed by atoms with Crippen molar-refractivity contribution in [2.75, 3.05) is 0 Å². The Hall–Kier alpha value is -1.83. The Morgan fingerprint density at radius 1 is 1.23 bits per heavy atom. The quantitative estimate of drug-likeness (QED) is 0.695. The summed E-state index contributed by atoms with van der Waals surface area (Å²) in [6, 6.07) is 8.71. The van der Waals surface area contributed by atoms with Crippen LogP contribution in [0.15, 0.2) is 75.7 Å². The first-order valence-electron chi connectivity index (χ1n) is 7.60. The lowest BCUT2D eigenvalue weighted by Crippen LogP contribution is -2.07. The minimum atomic E-state index is -3.41. The predicted octanol–water partition coefficient (Wildman–Crippen LogP) is 4.97. The molecule has 0 N–H and O–H groups in total. The van der Waals surface area contributed by atoms with Gasteiger partial charge in [0.25, 0.3) is 0 Å². The second-order valence-electron chi connectivity index (χ2n) is 5.52. The first-order chi connectivity index (χ1) is 10.6. The van der Waals surface area contributed by atoms with Crippen LogP contribution >= 0.6 is 0 Å². The van der Waals surface area contributed by atoms with E-state index in [0.29, 0.717) is 16.2 Å². The van der Waals surface area contributed by atoms with Gasteiger partial charge in [-0.25, -0.2) is 8.42 Å². The highest BCUT2D eigenvalue weighted by Crippen LogP contribution is 2.31. The van der Waals surface area contributed by atoms with Crippen molar-refractivity contribution < 1.29 is 8.42 Å². The van der Waals surface area contributed by atoms with E-state index in [1.807, 2.05) is 25.1 Å². The van der Waals surface area contributed by atoms with Gasteiger partial charge in [0, 0.05) is 0 Å². The van der Waals surface area contributed by atoms with Gasteiger partial charge in [0.15, 0.2) is 0 Å². The maximum absolute atomic E-state index is 12.9. The fourth-order valence-electron chi connectivity index (χ4n) is 2.59. The molecule has 0 aliphatic heterocycles. The molecule has 2 rings (SSSR count). The Labute approximate surface area is 133 Å². The molecule has 0 unspecified atom stereocenters. The molecule has 0 saturated heterocycles. The van der Waals surface area contributed by atoms with E-state index in [9.17, 15) is 8.42 Å². The van der Waals surface area contributed by atoms with E-state index >= 15 is 0 Å². The van der Waals surface area contributed by atoms with Gasteiger partial charge in [0.2, 0.25) is 9.84 Å². The minimum absolute atomic E-state index is 0.383. The molecule has 0 fully saturated rings. The molecule has 116 valence electrons. The fourth-order valence-corrected chi connectivity index (χ4v) is 4.32. The summed E-state index contributed by atoms with van der Waals surface area (Å²) in [5.41, 5.74) is 4.90. The van der Waals surface area contributed by atoms with Gasteiger partial charge in [-0.15, -0.1) is 5.73 Å². The van der Waals surface area contributed by atoms with E-state index in [-0.39, 0.29) is 0 Å². The molecule has 1 aliphatic carbocycles. The molecule has 0 spiro atoms. The molecule has 0 amide bonds. The van der Waals surface area contributed by atoms with Crippen LogP contribution in [0.5, 0.6) is 0 Å². The molecule has 2 nitrogen and oxygen atoms in total. The van der Waals surface area contributed by atoms with Crippen molar-refractivity contribution in [2.24, 2.45) is 0 Å². The largest absolute Gasteiger partial charge is 0.219 e. The summed E-state index contributed by atoms with van der Waals surface area (Å²) in [7, 11) is -3.41. The van der Waals surface area contributed by atoms with Crippen LogP contribution in [0, 0.1) is 0 Å². The van der Waals surface area contributed by atoms with Crippen LogP contribution in [0.1, 0.15) is 39.0 Å². The maximum atomic E-state index is 12.9. The number of allylic oxidation sites excluding steroid dienone is 5. The summed E-state index contributed by atoms with van der Waals surface area (Å²) in [6.45, 7) is 5.60. The third-order valence-electron chi connectivity index (χ3n) is 3.89. The lowest BCUT2D eigenvalue weighted by Gasteiger charge is -2.12. The Balaban J connectivity index is 2.32. The first kappa shape index (κ1) is 16.5. The van der Waals surface area contributed by atoms with Crippen molar-refractivity contribution >= 4 is 9.84 Å². The number of rotatable bonds is 6. The predicted molar refractivity (Wildman–Crippen MR) is 91.2 cm³/mol. The summed E-state index contributed by atoms with van der Waals surface area (Å²) in [4.78, 5) is 0.957. The van der Waals surface area contributed by atoms with Gasteiger partial charge in [-0.2, -0.15) is 0 Å². The summed E-state index contributed by atoms with van der Waals surface area (Å²) >= 11 is 0. The molecule has 1 aromatic carbocycles. The standard InChI is InChI=1S/C19H22O2S/c1-3-16(2)10-9-15-19(17-11-7-8-12-17)22(20,21)18-13-5-4-6-14-18/h4-7,11,13-14H,1,8-10,12,15H2,2H3/b19-17+. The van der Waals surface area contributed by atoms with Gasteiger partial charge < -0.3 is 0 Å². The smallest absolute Gasteiger partial charge is 0.203 e. The molecule has 0 heterocycles. The molecular formula is C19H22O2S. The van der Waals surface area contributed by atoms with Crippen molar-refractivity contribution in [3.05, 3.63) is 70.8 Å². The summed E-state index contributed by atoms with van der Waals surface area (Å²) in [6.07, 6.45) is 7.94. The van der Waals surface area contributed by atoms with Crippen molar-refractivity contribution in [1.29, 1.82) is 0 Å². The van der Waals surface area contributed by atoms with Crippen LogP contribution < -0.4 is 0 Å². The van der Waals surface area contributed by atoms with E-state index < -0.39 is 9.84 Å². The number of benzene rings is 1. The number of sulfone groups is 1. The van der Waals surface area contributed by atoms with Crippen molar-refractivity contribution in [2.45, 2.75) is 43.9 Å². The van der Waals surface area contributed by atoms with Gasteiger partial charge in [0.1, 0.15) is 0 Å². The topological polar surface area (TPSA) is 34.1 Å².